The number of benzene rings is 2. The number of quaternary nitrogens is 1. The highest BCUT2D eigenvalue weighted by molar-refractivity contribution is 7.86. The molecule has 0 spiro atoms. The van der Waals surface area contributed by atoms with E-state index >= 15 is 0 Å². The molecule has 4 rings (SSSR count). The zero-order chi connectivity index (χ0) is 37.7. The van der Waals surface area contributed by atoms with Crippen molar-refractivity contribution in [1.82, 2.24) is 0 Å². The largest absolute Gasteiger partial charge is 0.744 e. The van der Waals surface area contributed by atoms with Crippen molar-refractivity contribution in [3.05, 3.63) is 95.3 Å². The predicted octanol–water partition coefficient (Wildman–Crippen LogP) is 2.53. The molecule has 0 bridgehead atoms. The summed E-state index contributed by atoms with van der Waals surface area (Å²) in [7, 11) is -17.9. The van der Waals surface area contributed by atoms with Crippen LogP contribution in [0.5, 0.6) is 0 Å². The first-order valence-electron chi connectivity index (χ1n) is 15.2. The van der Waals surface area contributed by atoms with Gasteiger partial charge in [0.15, 0.2) is 0 Å². The Hall–Kier alpha value is -3.20. The number of fused-ring (bicyclic) bond motifs is 2. The molecule has 0 saturated carbocycles. The van der Waals surface area contributed by atoms with Gasteiger partial charge in [0, 0.05) is 35.0 Å². The standard InChI is InChI=1S/C32H40N2O12S4/c1-22(8-6-10-29-31(2,3)25-20-23(49(41,42)43)12-14-27(25)33(29)16-18-47(35,36)37)9-7-11-30-32(4,5)26-21-24(50(44,45)46)13-15-28(26)34(30)17-19-48(38,39)40/h6-15,20-21,29H,16-19H2,1-5H3,(H,35,36,37)(H,38,39,40)(H,41,42,43)(H,44,45,46). The van der Waals surface area contributed by atoms with Crippen LogP contribution in [0.2, 0.25) is 0 Å². The summed E-state index contributed by atoms with van der Waals surface area (Å²) in [6.07, 6.45) is 10.6. The van der Waals surface area contributed by atoms with Gasteiger partial charge in [-0.3, -0.25) is 18.6 Å². The Balaban J connectivity index is 1.65. The molecule has 0 aliphatic carbocycles. The van der Waals surface area contributed by atoms with E-state index in [9.17, 15) is 51.9 Å². The first-order chi connectivity index (χ1) is 22.7. The van der Waals surface area contributed by atoms with Gasteiger partial charge in [-0.25, -0.2) is 8.42 Å². The quantitative estimate of drug-likeness (QED) is 0.180. The van der Waals surface area contributed by atoms with Crippen LogP contribution in [-0.4, -0.2) is 82.5 Å². The second-order valence-corrected chi connectivity index (χ2v) is 19.3. The van der Waals surface area contributed by atoms with Crippen molar-refractivity contribution in [3.63, 3.8) is 0 Å². The number of allylic oxidation sites excluding steroid dienone is 7. The smallest absolute Gasteiger partial charge is 0.294 e. The summed E-state index contributed by atoms with van der Waals surface area (Å²) in [5.41, 5.74) is 1.98. The molecule has 274 valence electrons. The van der Waals surface area contributed by atoms with Gasteiger partial charge in [-0.05, 0) is 68.8 Å². The number of anilines is 1. The summed E-state index contributed by atoms with van der Waals surface area (Å²) in [5, 5.41) is 0. The molecule has 50 heavy (non-hydrogen) atoms. The first kappa shape index (κ1) is 39.6. The van der Waals surface area contributed by atoms with E-state index in [1.54, 1.807) is 49.1 Å². The van der Waals surface area contributed by atoms with Crippen LogP contribution in [0, 0.1) is 0 Å². The van der Waals surface area contributed by atoms with Gasteiger partial charge in [-0.15, -0.1) is 0 Å². The lowest BCUT2D eigenvalue weighted by atomic mass is 9.80. The fraction of sp³-hybridized carbons (Fsp3) is 0.375. The first-order valence-corrected chi connectivity index (χ1v) is 21.3. The third-order valence-corrected chi connectivity index (χ3v) is 12.2. The average molecular weight is 773 g/mol. The van der Waals surface area contributed by atoms with Gasteiger partial charge in [-0.1, -0.05) is 43.7 Å². The fourth-order valence-corrected chi connectivity index (χ4v) is 8.47. The second kappa shape index (κ2) is 13.7. The fourth-order valence-electron chi connectivity index (χ4n) is 6.58. The van der Waals surface area contributed by atoms with E-state index in [0.29, 0.717) is 33.1 Å². The highest BCUT2D eigenvalue weighted by Gasteiger charge is 2.48. The minimum atomic E-state index is -4.76. The number of nitrogens with one attached hydrogen (secondary N) is 1. The molecule has 2 unspecified atom stereocenters. The van der Waals surface area contributed by atoms with E-state index in [4.69, 9.17) is 0 Å². The highest BCUT2D eigenvalue weighted by atomic mass is 32.2. The number of hydrogen-bond acceptors (Lipinski definition) is 10. The summed E-state index contributed by atoms with van der Waals surface area (Å²) in [4.78, 5) is 1.60. The van der Waals surface area contributed by atoms with E-state index in [-0.39, 0.29) is 18.0 Å². The molecule has 2 aromatic rings. The molecule has 2 aromatic carbocycles. The molecule has 0 saturated heterocycles. The van der Waals surface area contributed by atoms with Gasteiger partial charge in [0.05, 0.1) is 27.5 Å². The molecular formula is C32H40N2O12S4. The Morgan fingerprint density at radius 2 is 1.46 bits per heavy atom. The highest BCUT2D eigenvalue weighted by Crippen LogP contribution is 2.48. The van der Waals surface area contributed by atoms with Gasteiger partial charge in [0.1, 0.15) is 27.6 Å². The zero-order valence-electron chi connectivity index (χ0n) is 27.9. The van der Waals surface area contributed by atoms with Crippen molar-refractivity contribution in [2.24, 2.45) is 0 Å². The molecule has 0 amide bonds. The van der Waals surface area contributed by atoms with Crippen LogP contribution in [0.25, 0.3) is 0 Å². The van der Waals surface area contributed by atoms with Crippen LogP contribution < -0.4 is 9.80 Å². The van der Waals surface area contributed by atoms with Gasteiger partial charge < -0.3 is 9.45 Å². The van der Waals surface area contributed by atoms with Gasteiger partial charge in [-0.2, -0.15) is 25.3 Å². The third kappa shape index (κ3) is 8.80. The normalized spacial score (nSPS) is 21.7. The van der Waals surface area contributed by atoms with E-state index in [0.717, 1.165) is 11.6 Å². The van der Waals surface area contributed by atoms with Crippen LogP contribution in [0.1, 0.15) is 45.7 Å². The predicted molar refractivity (Wildman–Crippen MR) is 186 cm³/mol. The van der Waals surface area contributed by atoms with Gasteiger partial charge >= 0.3 is 0 Å². The zero-order valence-corrected chi connectivity index (χ0v) is 31.2. The lowest BCUT2D eigenvalue weighted by Crippen LogP contribution is -3.11. The summed E-state index contributed by atoms with van der Waals surface area (Å²) in [6.45, 7) is 8.97. The molecule has 4 N–H and O–H groups in total. The molecule has 0 radical (unpaired) electrons. The minimum absolute atomic E-state index is 0.0137. The number of nitrogens with zero attached hydrogens (tertiary/aromatic N) is 1. The van der Waals surface area contributed by atoms with Gasteiger partial charge in [0.2, 0.25) is 0 Å². The molecule has 2 atom stereocenters. The number of hydrogen-bond donors (Lipinski definition) is 4. The second-order valence-electron chi connectivity index (χ2n) is 13.3. The molecule has 2 heterocycles. The lowest BCUT2D eigenvalue weighted by molar-refractivity contribution is -0.847. The van der Waals surface area contributed by atoms with Gasteiger partial charge in [0.25, 0.3) is 30.4 Å². The van der Waals surface area contributed by atoms with Crippen LogP contribution in [0.4, 0.5) is 11.4 Å². The average Bonchev–Trinajstić information content (AvgIpc) is 3.31. The van der Waals surface area contributed by atoms with Crippen LogP contribution in [-0.2, 0) is 51.3 Å². The van der Waals surface area contributed by atoms with E-state index < -0.39 is 73.7 Å². The third-order valence-electron chi connectivity index (χ3n) is 9.11. The number of rotatable bonds is 12. The maximum Gasteiger partial charge on any atom is 0.294 e. The Labute approximate surface area is 293 Å². The van der Waals surface area contributed by atoms with Crippen LogP contribution in [0.15, 0.2) is 93.9 Å². The maximum absolute atomic E-state index is 11.8. The summed E-state index contributed by atoms with van der Waals surface area (Å²) in [6, 6.07) is 7.58. The molecule has 18 heteroatoms. The molecule has 0 aromatic heterocycles. The van der Waals surface area contributed by atoms with Crippen molar-refractivity contribution in [2.45, 2.75) is 61.3 Å². The lowest BCUT2D eigenvalue weighted by Gasteiger charge is -2.27. The summed E-state index contributed by atoms with van der Waals surface area (Å²) < 4.78 is 134. The summed E-state index contributed by atoms with van der Waals surface area (Å²) >= 11 is 0. The van der Waals surface area contributed by atoms with Crippen LogP contribution >= 0.6 is 0 Å². The minimum Gasteiger partial charge on any atom is -0.744 e. The molecular weight excluding hydrogens is 733 g/mol. The SMILES string of the molecule is CC(C=CC=C1N(CCS(=O)(=O)O)c2ccc(S(=O)(=O)[O-])cc2C1(C)C)=CC=CC1[NH+](CCS(=O)(=O)O)c2ccc(S(=O)(=O)O)cc2C1(C)C. The van der Waals surface area contributed by atoms with Crippen molar-refractivity contribution in [1.29, 1.82) is 0 Å². The molecule has 2 aliphatic rings. The van der Waals surface area contributed by atoms with Crippen molar-refractivity contribution in [3.8, 4) is 0 Å². The Morgan fingerprint density at radius 3 is 2.04 bits per heavy atom. The van der Waals surface area contributed by atoms with E-state index in [1.807, 2.05) is 26.8 Å². The Morgan fingerprint density at radius 1 is 0.860 bits per heavy atom. The van der Waals surface area contributed by atoms with Crippen molar-refractivity contribution < 1.29 is 56.8 Å². The Kier molecular flexibility index (Phi) is 10.9. The molecule has 0 fully saturated rings. The molecule has 14 nitrogen and oxygen atoms in total. The maximum atomic E-state index is 11.8. The Bertz CT molecular complexity index is 2250. The van der Waals surface area contributed by atoms with E-state index in [2.05, 4.69) is 0 Å². The topological polar surface area (TPSA) is 228 Å². The van der Waals surface area contributed by atoms with Crippen molar-refractivity contribution in [2.75, 3.05) is 29.5 Å². The molecule has 2 aliphatic heterocycles. The van der Waals surface area contributed by atoms with E-state index in [1.165, 1.54) is 30.3 Å². The summed E-state index contributed by atoms with van der Waals surface area (Å²) in [5.74, 6) is -1.14. The van der Waals surface area contributed by atoms with Crippen LogP contribution in [0.3, 0.4) is 0 Å². The monoisotopic (exact) mass is 772 g/mol. The van der Waals surface area contributed by atoms with Crippen molar-refractivity contribution >= 4 is 51.8 Å².